The molecule has 0 aliphatic heterocycles. The fraction of sp³-hybridized carbons (Fsp3) is 0.714. The molecule has 0 fully saturated rings. The van der Waals surface area contributed by atoms with Crippen LogP contribution < -0.4 is 5.32 Å². The summed E-state index contributed by atoms with van der Waals surface area (Å²) in [6.07, 6.45) is 1.93. The Morgan fingerprint density at radius 3 is 2.80 bits per heavy atom. The van der Waals surface area contributed by atoms with Crippen molar-refractivity contribution in [3.63, 3.8) is 0 Å². The summed E-state index contributed by atoms with van der Waals surface area (Å²) in [6.45, 7) is 3.00. The third-order valence-corrected chi connectivity index (χ3v) is 1.43. The first-order valence-corrected chi connectivity index (χ1v) is 3.83. The van der Waals surface area contributed by atoms with E-state index in [1.54, 1.807) is 5.54 Å². The zero-order valence-corrected chi connectivity index (χ0v) is 7.36. The van der Waals surface area contributed by atoms with Crippen molar-refractivity contribution in [2.45, 2.75) is 0 Å². The van der Waals surface area contributed by atoms with Crippen LogP contribution in [-0.2, 0) is 0 Å². The molecular weight excluding hydrogens is 148 g/mol. The Kier molecular flexibility index (Phi) is 7.03. The molecule has 0 aromatic rings. The molecule has 0 atom stereocenters. The molecule has 0 aromatic heterocycles. The smallest absolute Gasteiger partial charge is 0.0172 e. The molecule has 0 amide bonds. The van der Waals surface area contributed by atoms with Gasteiger partial charge in [-0.3, -0.25) is 0 Å². The van der Waals surface area contributed by atoms with E-state index in [-0.39, 0.29) is 0 Å². The lowest BCUT2D eigenvalue weighted by molar-refractivity contribution is 0.371. The van der Waals surface area contributed by atoms with Gasteiger partial charge in [0.25, 0.3) is 0 Å². The van der Waals surface area contributed by atoms with Gasteiger partial charge in [-0.25, -0.2) is 0 Å². The summed E-state index contributed by atoms with van der Waals surface area (Å²) in [4.78, 5) is 2.19. The molecule has 60 valence electrons. The molecule has 1 N–H and O–H groups in total. The molecular formula is C7H15ClN2. The van der Waals surface area contributed by atoms with Crippen LogP contribution in [-0.4, -0.2) is 38.6 Å². The molecule has 0 radical (unpaired) electrons. The summed E-state index contributed by atoms with van der Waals surface area (Å²) in [5.74, 6) is 0. The van der Waals surface area contributed by atoms with Gasteiger partial charge in [-0.15, -0.1) is 0 Å². The Balaban J connectivity index is 3.16. The number of likely N-dealkylation sites (N-methyl/N-ethyl adjacent to an activating group) is 2. The Morgan fingerprint density at radius 2 is 2.30 bits per heavy atom. The maximum absolute atomic E-state index is 5.36. The highest BCUT2D eigenvalue weighted by atomic mass is 35.5. The van der Waals surface area contributed by atoms with E-state index in [2.05, 4.69) is 17.3 Å². The highest BCUT2D eigenvalue weighted by Gasteiger charge is 1.91. The lowest BCUT2D eigenvalue weighted by atomic mass is 10.5. The maximum Gasteiger partial charge on any atom is 0.0172 e. The van der Waals surface area contributed by atoms with Crippen LogP contribution >= 0.6 is 11.6 Å². The molecule has 3 heteroatoms. The summed E-state index contributed by atoms with van der Waals surface area (Å²) >= 11 is 5.36. The van der Waals surface area contributed by atoms with Crippen LogP contribution in [0.1, 0.15) is 0 Å². The Bertz CT molecular complexity index is 93.6. The molecule has 0 spiro atoms. The van der Waals surface area contributed by atoms with Crippen molar-refractivity contribution in [2.75, 3.05) is 33.7 Å². The zero-order chi connectivity index (χ0) is 7.82. The second kappa shape index (κ2) is 7.06. The van der Waals surface area contributed by atoms with Crippen molar-refractivity contribution in [1.29, 1.82) is 0 Å². The minimum atomic E-state index is 0.922. The van der Waals surface area contributed by atoms with Crippen molar-refractivity contribution in [1.82, 2.24) is 10.2 Å². The summed E-state index contributed by atoms with van der Waals surface area (Å²) in [5, 5.41) is 3.08. The number of rotatable bonds is 5. The second-order valence-corrected chi connectivity index (χ2v) is 2.48. The highest BCUT2D eigenvalue weighted by Crippen LogP contribution is 1.83. The van der Waals surface area contributed by atoms with Gasteiger partial charge in [0.1, 0.15) is 0 Å². The van der Waals surface area contributed by atoms with Crippen LogP contribution in [0, 0.1) is 0 Å². The van der Waals surface area contributed by atoms with Gasteiger partial charge in [0, 0.05) is 25.2 Å². The fourth-order valence-corrected chi connectivity index (χ4v) is 0.693. The summed E-state index contributed by atoms with van der Waals surface area (Å²) in [5.41, 5.74) is 1.55. The lowest BCUT2D eigenvalue weighted by Crippen LogP contribution is -2.27. The summed E-state index contributed by atoms with van der Waals surface area (Å²) in [6, 6.07) is 0. The Morgan fingerprint density at radius 1 is 1.60 bits per heavy atom. The van der Waals surface area contributed by atoms with Crippen LogP contribution in [0.15, 0.2) is 11.6 Å². The van der Waals surface area contributed by atoms with E-state index in [4.69, 9.17) is 11.6 Å². The predicted octanol–water partition coefficient (Wildman–Crippen LogP) is 0.890. The molecule has 0 aliphatic rings. The first-order chi connectivity index (χ1) is 4.81. The van der Waals surface area contributed by atoms with Gasteiger partial charge in [-0.05, 0) is 14.1 Å². The van der Waals surface area contributed by atoms with Gasteiger partial charge in [0.15, 0.2) is 0 Å². The molecule has 0 bridgehead atoms. The second-order valence-electron chi connectivity index (χ2n) is 2.23. The van der Waals surface area contributed by atoms with Crippen molar-refractivity contribution in [3.8, 4) is 0 Å². The van der Waals surface area contributed by atoms with E-state index in [1.807, 2.05) is 13.1 Å². The molecule has 0 saturated carbocycles. The van der Waals surface area contributed by atoms with Gasteiger partial charge in [0.2, 0.25) is 0 Å². The normalized spacial score (nSPS) is 11.6. The Labute approximate surface area is 67.9 Å². The van der Waals surface area contributed by atoms with Gasteiger partial charge in [0.05, 0.1) is 0 Å². The van der Waals surface area contributed by atoms with Crippen molar-refractivity contribution >= 4 is 11.6 Å². The molecule has 10 heavy (non-hydrogen) atoms. The topological polar surface area (TPSA) is 15.3 Å². The standard InChI is InChI=1S/C7H15ClN2/c1-9-5-7-10(2)6-3-4-8/h3-4,9H,5-7H2,1-2H3. The van der Waals surface area contributed by atoms with E-state index in [1.165, 1.54) is 0 Å². The Hall–Kier alpha value is -0.0500. The maximum atomic E-state index is 5.36. The van der Waals surface area contributed by atoms with E-state index in [0.717, 1.165) is 19.6 Å². The number of hydrogen-bond donors (Lipinski definition) is 1. The molecule has 0 saturated heterocycles. The van der Waals surface area contributed by atoms with Gasteiger partial charge >= 0.3 is 0 Å². The largest absolute Gasteiger partial charge is 0.318 e. The van der Waals surface area contributed by atoms with E-state index in [9.17, 15) is 0 Å². The molecule has 0 aromatic carbocycles. The monoisotopic (exact) mass is 162 g/mol. The SMILES string of the molecule is CNCCN(C)CC=CCl. The number of nitrogens with zero attached hydrogens (tertiary/aromatic N) is 1. The average molecular weight is 163 g/mol. The molecule has 2 nitrogen and oxygen atoms in total. The van der Waals surface area contributed by atoms with Gasteiger partial charge < -0.3 is 10.2 Å². The molecule has 0 rings (SSSR count). The summed E-state index contributed by atoms with van der Waals surface area (Å²) < 4.78 is 0. The average Bonchev–Trinajstić information content (AvgIpc) is 1.97. The predicted molar refractivity (Wildman–Crippen MR) is 46.4 cm³/mol. The van der Waals surface area contributed by atoms with Crippen molar-refractivity contribution < 1.29 is 0 Å². The van der Waals surface area contributed by atoms with E-state index < -0.39 is 0 Å². The molecule has 0 aliphatic carbocycles. The number of nitrogens with one attached hydrogen (secondary N) is 1. The number of hydrogen-bond acceptors (Lipinski definition) is 2. The first-order valence-electron chi connectivity index (χ1n) is 3.39. The molecule has 0 heterocycles. The van der Waals surface area contributed by atoms with Gasteiger partial charge in [-0.1, -0.05) is 17.7 Å². The van der Waals surface area contributed by atoms with E-state index in [0.29, 0.717) is 0 Å². The van der Waals surface area contributed by atoms with Crippen LogP contribution in [0.5, 0.6) is 0 Å². The lowest BCUT2D eigenvalue weighted by Gasteiger charge is -2.12. The van der Waals surface area contributed by atoms with Crippen LogP contribution in [0.25, 0.3) is 0 Å². The third-order valence-electron chi connectivity index (χ3n) is 1.25. The van der Waals surface area contributed by atoms with Crippen molar-refractivity contribution in [3.05, 3.63) is 11.6 Å². The van der Waals surface area contributed by atoms with Gasteiger partial charge in [-0.2, -0.15) is 0 Å². The van der Waals surface area contributed by atoms with Crippen LogP contribution in [0.2, 0.25) is 0 Å². The fourth-order valence-electron chi connectivity index (χ4n) is 0.614. The zero-order valence-electron chi connectivity index (χ0n) is 6.60. The minimum absolute atomic E-state index is 0.922. The first kappa shape index (κ1) is 9.95. The minimum Gasteiger partial charge on any atom is -0.318 e. The van der Waals surface area contributed by atoms with Crippen LogP contribution in [0.4, 0.5) is 0 Å². The van der Waals surface area contributed by atoms with Crippen LogP contribution in [0.3, 0.4) is 0 Å². The third kappa shape index (κ3) is 6.08. The summed E-state index contributed by atoms with van der Waals surface area (Å²) in [7, 11) is 4.01. The highest BCUT2D eigenvalue weighted by molar-refractivity contribution is 6.25. The van der Waals surface area contributed by atoms with Crippen molar-refractivity contribution in [2.24, 2.45) is 0 Å². The van der Waals surface area contributed by atoms with E-state index >= 15 is 0 Å². The molecule has 0 unspecified atom stereocenters. The quantitative estimate of drug-likeness (QED) is 0.646. The number of halogens is 1.